The van der Waals surface area contributed by atoms with Gasteiger partial charge in [-0.25, -0.2) is 15.0 Å². The molecule has 0 saturated carbocycles. The van der Waals surface area contributed by atoms with Crippen LogP contribution in [0.1, 0.15) is 35.0 Å². The Morgan fingerprint density at radius 3 is 2.74 bits per heavy atom. The molecule has 4 N–H and O–H groups in total. The molecule has 5 rings (SSSR count). The molecule has 0 bridgehead atoms. The smallest absolute Gasteiger partial charge is 0.256 e. The number of hydrogen-bond acceptors (Lipinski definition) is 11. The minimum atomic E-state index is -0.331. The highest BCUT2D eigenvalue weighted by atomic mass is 16.5. The lowest BCUT2D eigenvalue weighted by Crippen LogP contribution is -2.30. The van der Waals surface area contributed by atoms with Crippen molar-refractivity contribution in [2.45, 2.75) is 20.3 Å². The highest BCUT2D eigenvalue weighted by Gasteiger charge is 2.19. The van der Waals surface area contributed by atoms with Crippen molar-refractivity contribution in [3.63, 3.8) is 0 Å². The quantitative estimate of drug-likeness (QED) is 0.347. The fourth-order valence-corrected chi connectivity index (χ4v) is 4.19. The number of anilines is 5. The lowest BCUT2D eigenvalue weighted by Gasteiger charge is -2.21. The van der Waals surface area contributed by atoms with Crippen LogP contribution in [0.3, 0.4) is 0 Å². The molecule has 1 saturated heterocycles. The third-order valence-corrected chi connectivity index (χ3v) is 6.42. The average Bonchev–Trinajstić information content (AvgIpc) is 3.25. The van der Waals surface area contributed by atoms with E-state index in [0.717, 1.165) is 38.2 Å². The summed E-state index contributed by atoms with van der Waals surface area (Å²) in [5, 5.41) is 9.95. The Bertz CT molecular complexity index is 1520. The molecule has 4 heterocycles. The van der Waals surface area contributed by atoms with Gasteiger partial charge in [0.15, 0.2) is 23.2 Å². The number of nitrogens with two attached hydrogens (primary N) is 1. The lowest BCUT2D eigenvalue weighted by atomic mass is 10.1. The molecule has 0 unspecified atom stereocenters. The van der Waals surface area contributed by atoms with E-state index in [1.807, 2.05) is 13.0 Å². The molecule has 1 aliphatic heterocycles. The van der Waals surface area contributed by atoms with E-state index in [1.54, 1.807) is 25.1 Å². The molecule has 0 radical (unpaired) electrons. The predicted octanol–water partition coefficient (Wildman–Crippen LogP) is 3.47. The molecular weight excluding hydrogens is 484 g/mol. The molecule has 1 aliphatic rings. The van der Waals surface area contributed by atoms with Crippen LogP contribution < -0.4 is 21.3 Å². The number of fused-ring (bicyclic) bond motifs is 1. The second-order valence-electron chi connectivity index (χ2n) is 9.44. The van der Waals surface area contributed by atoms with Crippen LogP contribution in [-0.4, -0.2) is 69.1 Å². The Kier molecular flexibility index (Phi) is 6.88. The van der Waals surface area contributed by atoms with Gasteiger partial charge in [0.1, 0.15) is 17.4 Å². The summed E-state index contributed by atoms with van der Waals surface area (Å²) >= 11 is 0. The molecule has 1 aromatic carbocycles. The molecule has 0 spiro atoms. The zero-order valence-corrected chi connectivity index (χ0v) is 21.7. The van der Waals surface area contributed by atoms with Crippen LogP contribution in [0.15, 0.2) is 41.7 Å². The largest absolute Gasteiger partial charge is 0.382 e. The number of nitrogens with one attached hydrogen (secondary N) is 2. The molecule has 0 atom stereocenters. The van der Waals surface area contributed by atoms with E-state index in [-0.39, 0.29) is 5.91 Å². The topological polar surface area (TPSA) is 151 Å². The maximum atomic E-state index is 12.9. The number of rotatable bonds is 6. The number of benzene rings is 1. The summed E-state index contributed by atoms with van der Waals surface area (Å²) < 4.78 is 5.18. The average molecular weight is 515 g/mol. The van der Waals surface area contributed by atoms with Gasteiger partial charge in [0.25, 0.3) is 5.91 Å². The molecule has 12 heteroatoms. The first-order valence-corrected chi connectivity index (χ1v) is 12.3. The Morgan fingerprint density at radius 2 is 1.95 bits per heavy atom. The normalized spacial score (nSPS) is 14.3. The van der Waals surface area contributed by atoms with Crippen molar-refractivity contribution in [1.29, 1.82) is 0 Å². The van der Waals surface area contributed by atoms with Crippen molar-refractivity contribution < 1.29 is 9.32 Å². The first-order valence-electron chi connectivity index (χ1n) is 12.3. The number of hydrogen-bond donors (Lipinski definition) is 3. The summed E-state index contributed by atoms with van der Waals surface area (Å²) in [7, 11) is 2.11. The van der Waals surface area contributed by atoms with Gasteiger partial charge in [0.05, 0.1) is 0 Å². The minimum absolute atomic E-state index is 0.291. The maximum Gasteiger partial charge on any atom is 0.256 e. The van der Waals surface area contributed by atoms with Crippen molar-refractivity contribution in [3.8, 4) is 0 Å². The number of nitrogen functional groups attached to an aromatic ring is 1. The summed E-state index contributed by atoms with van der Waals surface area (Å²) in [6, 6.07) is 6.96. The van der Waals surface area contributed by atoms with E-state index in [9.17, 15) is 4.79 Å². The molecule has 38 heavy (non-hydrogen) atoms. The minimum Gasteiger partial charge on any atom is -0.382 e. The Morgan fingerprint density at radius 1 is 1.11 bits per heavy atom. The van der Waals surface area contributed by atoms with Gasteiger partial charge in [0.2, 0.25) is 5.95 Å². The Balaban J connectivity index is 1.43. The van der Waals surface area contributed by atoms with E-state index >= 15 is 0 Å². The third kappa shape index (κ3) is 5.25. The molecule has 12 nitrogen and oxygen atoms in total. The van der Waals surface area contributed by atoms with E-state index in [2.05, 4.69) is 54.2 Å². The van der Waals surface area contributed by atoms with Crippen LogP contribution >= 0.6 is 0 Å². The number of allylic oxidation sites excluding steroid dienone is 1. The van der Waals surface area contributed by atoms with Crippen LogP contribution in [0.4, 0.5) is 29.1 Å². The zero-order chi connectivity index (χ0) is 26.8. The van der Waals surface area contributed by atoms with E-state index in [0.29, 0.717) is 57.0 Å². The number of amides is 1. The summed E-state index contributed by atoms with van der Waals surface area (Å²) in [4.78, 5) is 35.4. The monoisotopic (exact) mass is 514 g/mol. The van der Waals surface area contributed by atoms with Gasteiger partial charge in [0, 0.05) is 37.0 Å². The first-order chi connectivity index (χ1) is 18.3. The van der Waals surface area contributed by atoms with Gasteiger partial charge < -0.3 is 30.7 Å². The van der Waals surface area contributed by atoms with E-state index in [4.69, 9.17) is 15.2 Å². The summed E-state index contributed by atoms with van der Waals surface area (Å²) in [5.74, 6) is 1.80. The van der Waals surface area contributed by atoms with Crippen molar-refractivity contribution in [2.24, 2.45) is 0 Å². The zero-order valence-electron chi connectivity index (χ0n) is 21.7. The second kappa shape index (κ2) is 10.4. The maximum absolute atomic E-state index is 12.9. The van der Waals surface area contributed by atoms with E-state index < -0.39 is 0 Å². The summed E-state index contributed by atoms with van der Waals surface area (Å²) in [6.45, 7) is 11.1. The molecule has 3 aromatic heterocycles. The molecule has 1 fully saturated rings. The fourth-order valence-electron chi connectivity index (χ4n) is 4.19. The molecule has 0 aliphatic carbocycles. The highest BCUT2D eigenvalue weighted by Crippen LogP contribution is 2.28. The molecule has 1 amide bonds. The second-order valence-corrected chi connectivity index (χ2v) is 9.44. The number of carbonyl (C=O) groups excluding carboxylic acids is 1. The molecule has 196 valence electrons. The van der Waals surface area contributed by atoms with Crippen molar-refractivity contribution in [2.75, 3.05) is 54.5 Å². The number of nitrogens with zero attached hydrogens (tertiary/aromatic N) is 7. The lowest BCUT2D eigenvalue weighted by molar-refractivity contribution is 0.102. The fraction of sp³-hybridized carbons (Fsp3) is 0.308. The number of likely N-dealkylation sites (N-methyl/N-ethyl adjacent to an activating group) is 1. The Labute approximate surface area is 220 Å². The van der Waals surface area contributed by atoms with E-state index in [1.165, 1.54) is 6.33 Å². The third-order valence-electron chi connectivity index (χ3n) is 6.42. The van der Waals surface area contributed by atoms with Gasteiger partial charge in [-0.3, -0.25) is 4.79 Å². The van der Waals surface area contributed by atoms with Crippen LogP contribution in [-0.2, 0) is 0 Å². The Hall–Kier alpha value is -4.58. The summed E-state index contributed by atoms with van der Waals surface area (Å²) in [5.41, 5.74) is 10.0. The van der Waals surface area contributed by atoms with Gasteiger partial charge in [-0.2, -0.15) is 4.98 Å². The summed E-state index contributed by atoms with van der Waals surface area (Å²) in [6.07, 6.45) is 2.42. The van der Waals surface area contributed by atoms with Gasteiger partial charge in [-0.15, -0.1) is 0 Å². The molecule has 4 aromatic rings. The van der Waals surface area contributed by atoms with Crippen molar-refractivity contribution in [3.05, 3.63) is 54.1 Å². The van der Waals surface area contributed by atoms with Crippen LogP contribution in [0.25, 0.3) is 16.6 Å². The highest BCUT2D eigenvalue weighted by molar-refractivity contribution is 6.04. The predicted molar refractivity (Wildman–Crippen MR) is 147 cm³/mol. The van der Waals surface area contributed by atoms with Crippen LogP contribution in [0.2, 0.25) is 0 Å². The van der Waals surface area contributed by atoms with Gasteiger partial charge >= 0.3 is 0 Å². The number of aryl methyl sites for hydroxylation is 1. The van der Waals surface area contributed by atoms with Crippen molar-refractivity contribution >= 4 is 51.6 Å². The SMILES string of the molecule is C=C(C)c1cc(NC(=O)c2ccc(C)c(Nc3ncnc4c(N)nc(N5CCCN(C)CC5)nc34)c2)no1. The number of aromatic nitrogens is 5. The van der Waals surface area contributed by atoms with Crippen LogP contribution in [0, 0.1) is 6.92 Å². The van der Waals surface area contributed by atoms with Crippen molar-refractivity contribution in [1.82, 2.24) is 30.0 Å². The van der Waals surface area contributed by atoms with Gasteiger partial charge in [-0.05, 0) is 57.1 Å². The molecular formula is C26H30N10O2. The van der Waals surface area contributed by atoms with Gasteiger partial charge in [-0.1, -0.05) is 17.8 Å². The standard InChI is InChI=1S/C26H30N10O2/c1-15(2)19-13-20(34-38-19)31-25(37)17-7-6-16(3)18(12-17)30-24-22-21(28-14-29-24)23(27)33-26(32-22)36-9-5-8-35(4)10-11-36/h6-7,12-14H,1,5,8-11H2,2-4H3,(H2,27,32,33)(H,28,29,30)(H,31,34,37). The number of carbonyl (C=O) groups is 1. The first kappa shape index (κ1) is 25.1. The van der Waals surface area contributed by atoms with Crippen LogP contribution in [0.5, 0.6) is 0 Å².